The molecule has 18 heavy (non-hydrogen) atoms. The van der Waals surface area contributed by atoms with Crippen molar-refractivity contribution in [1.82, 2.24) is 0 Å². The molecule has 102 valence electrons. The number of halogens is 2. The van der Waals surface area contributed by atoms with Crippen LogP contribution in [0.15, 0.2) is 24.3 Å². The van der Waals surface area contributed by atoms with Gasteiger partial charge in [0.25, 0.3) is 0 Å². The van der Waals surface area contributed by atoms with Gasteiger partial charge in [0, 0.05) is 30.4 Å². The Kier molecular flexibility index (Phi) is 7.06. The minimum Gasteiger partial charge on any atom is -0.381 e. The average Bonchev–Trinajstić information content (AvgIpc) is 2.41. The van der Waals surface area contributed by atoms with E-state index in [0.29, 0.717) is 18.4 Å². The molecule has 0 aliphatic rings. The van der Waals surface area contributed by atoms with E-state index in [-0.39, 0.29) is 5.41 Å². The lowest BCUT2D eigenvalue weighted by Gasteiger charge is -2.30. The second-order valence-electron chi connectivity index (χ2n) is 4.78. The maximum atomic E-state index is 6.17. The molecule has 0 aromatic heterocycles. The first kappa shape index (κ1) is 15.8. The van der Waals surface area contributed by atoms with Gasteiger partial charge in [0.15, 0.2) is 0 Å². The quantitative estimate of drug-likeness (QED) is 0.505. The van der Waals surface area contributed by atoms with Crippen LogP contribution in [0.25, 0.3) is 0 Å². The van der Waals surface area contributed by atoms with Crippen molar-refractivity contribution in [3.05, 3.63) is 35.4 Å². The van der Waals surface area contributed by atoms with Crippen molar-refractivity contribution in [1.29, 1.82) is 0 Å². The Morgan fingerprint density at radius 3 is 2.17 bits per heavy atom. The predicted octanol–water partition coefficient (Wildman–Crippen LogP) is 4.53. The smallest absolute Gasteiger partial charge is 0.0475 e. The summed E-state index contributed by atoms with van der Waals surface area (Å²) >= 11 is 12.3. The van der Waals surface area contributed by atoms with Crippen LogP contribution in [0, 0.1) is 6.92 Å². The number of rotatable bonds is 8. The van der Waals surface area contributed by atoms with Crippen molar-refractivity contribution in [2.75, 3.05) is 25.0 Å². The lowest BCUT2D eigenvalue weighted by molar-refractivity contribution is 0.119. The van der Waals surface area contributed by atoms with E-state index in [4.69, 9.17) is 27.9 Å². The van der Waals surface area contributed by atoms with E-state index < -0.39 is 0 Å². The van der Waals surface area contributed by atoms with Gasteiger partial charge >= 0.3 is 0 Å². The first-order chi connectivity index (χ1) is 8.68. The molecule has 0 fully saturated rings. The Balaban J connectivity index is 2.75. The summed E-state index contributed by atoms with van der Waals surface area (Å²) in [5.41, 5.74) is 2.28. The molecule has 1 aromatic rings. The first-order valence-corrected chi connectivity index (χ1v) is 7.52. The summed E-state index contributed by atoms with van der Waals surface area (Å²) in [4.78, 5) is 0. The van der Waals surface area contributed by atoms with Gasteiger partial charge in [0.05, 0.1) is 0 Å². The van der Waals surface area contributed by atoms with Gasteiger partial charge in [-0.3, -0.25) is 0 Å². The summed E-state index contributed by atoms with van der Waals surface area (Å²) in [5, 5.41) is 0. The van der Waals surface area contributed by atoms with Crippen molar-refractivity contribution in [2.24, 2.45) is 0 Å². The van der Waals surface area contributed by atoms with E-state index in [1.165, 1.54) is 11.1 Å². The molecule has 0 bridgehead atoms. The zero-order chi connectivity index (χ0) is 13.4. The number of benzene rings is 1. The maximum Gasteiger partial charge on any atom is 0.0475 e. The van der Waals surface area contributed by atoms with Gasteiger partial charge in [-0.05, 0) is 25.3 Å². The highest BCUT2D eigenvalue weighted by atomic mass is 35.5. The summed E-state index contributed by atoms with van der Waals surface area (Å²) in [5.74, 6) is 1.05. The van der Waals surface area contributed by atoms with Gasteiger partial charge in [0.2, 0.25) is 0 Å². The number of alkyl halides is 2. The lowest BCUT2D eigenvalue weighted by Crippen LogP contribution is -2.32. The van der Waals surface area contributed by atoms with E-state index in [2.05, 4.69) is 38.1 Å². The number of hydrogen-bond donors (Lipinski definition) is 0. The highest BCUT2D eigenvalue weighted by molar-refractivity contribution is 6.22. The van der Waals surface area contributed by atoms with Crippen LogP contribution in [0.1, 0.15) is 30.9 Å². The fourth-order valence-corrected chi connectivity index (χ4v) is 2.75. The van der Waals surface area contributed by atoms with Crippen LogP contribution >= 0.6 is 23.2 Å². The molecular formula is C15H22Cl2O. The Hall–Kier alpha value is -0.240. The molecule has 1 rings (SSSR count). The molecule has 0 amide bonds. The zero-order valence-electron chi connectivity index (χ0n) is 11.2. The largest absolute Gasteiger partial charge is 0.381 e. The highest BCUT2D eigenvalue weighted by Gasteiger charge is 2.30. The van der Waals surface area contributed by atoms with E-state index in [1.807, 2.05) is 0 Å². The second kappa shape index (κ2) is 8.04. The minimum atomic E-state index is -0.176. The number of hydrogen-bond acceptors (Lipinski definition) is 1. The Bertz CT molecular complexity index is 331. The molecule has 0 N–H and O–H groups in total. The normalized spacial score (nSPS) is 11.8. The summed E-state index contributed by atoms with van der Waals surface area (Å²) in [7, 11) is 0. The third-order valence-corrected chi connectivity index (χ3v) is 4.27. The third-order valence-electron chi connectivity index (χ3n) is 3.25. The fourth-order valence-electron chi connectivity index (χ4n) is 1.89. The molecular weight excluding hydrogens is 267 g/mol. The second-order valence-corrected chi connectivity index (χ2v) is 5.31. The van der Waals surface area contributed by atoms with E-state index in [9.17, 15) is 0 Å². The van der Waals surface area contributed by atoms with Crippen molar-refractivity contribution >= 4 is 23.2 Å². The summed E-state index contributed by atoms with van der Waals surface area (Å²) in [6.45, 7) is 5.70. The SMILES string of the molecule is CCCOCCC(CCl)(CCl)c1ccc(C)cc1. The maximum absolute atomic E-state index is 6.17. The molecule has 0 aliphatic heterocycles. The Morgan fingerprint density at radius 2 is 1.67 bits per heavy atom. The van der Waals surface area contributed by atoms with Crippen LogP contribution in [-0.4, -0.2) is 25.0 Å². The Morgan fingerprint density at radius 1 is 1.06 bits per heavy atom. The van der Waals surface area contributed by atoms with Crippen LogP contribution in [-0.2, 0) is 10.2 Å². The molecule has 0 radical (unpaired) electrons. The summed E-state index contributed by atoms with van der Waals surface area (Å²) in [6, 6.07) is 8.46. The number of ether oxygens (including phenoxy) is 1. The summed E-state index contributed by atoms with van der Waals surface area (Å²) in [6.07, 6.45) is 1.91. The molecule has 0 spiro atoms. The van der Waals surface area contributed by atoms with Crippen LogP contribution in [0.5, 0.6) is 0 Å². The van der Waals surface area contributed by atoms with Crippen LogP contribution < -0.4 is 0 Å². The van der Waals surface area contributed by atoms with Crippen LogP contribution in [0.3, 0.4) is 0 Å². The van der Waals surface area contributed by atoms with E-state index >= 15 is 0 Å². The standard InChI is InChI=1S/C15H22Cl2O/c1-3-9-18-10-8-15(11-16,12-17)14-6-4-13(2)5-7-14/h4-7H,3,8-12H2,1-2H3. The van der Waals surface area contributed by atoms with E-state index in [0.717, 1.165) is 19.4 Å². The molecule has 1 nitrogen and oxygen atoms in total. The topological polar surface area (TPSA) is 9.23 Å². The predicted molar refractivity (Wildman–Crippen MR) is 80.0 cm³/mol. The third kappa shape index (κ3) is 4.15. The molecule has 0 aliphatic carbocycles. The molecule has 1 aromatic carbocycles. The Labute approximate surface area is 120 Å². The van der Waals surface area contributed by atoms with Gasteiger partial charge in [-0.1, -0.05) is 36.8 Å². The average molecular weight is 289 g/mol. The van der Waals surface area contributed by atoms with Gasteiger partial charge < -0.3 is 4.74 Å². The van der Waals surface area contributed by atoms with Gasteiger partial charge in [-0.15, -0.1) is 23.2 Å². The highest BCUT2D eigenvalue weighted by Crippen LogP contribution is 2.31. The molecule has 0 atom stereocenters. The van der Waals surface area contributed by atoms with Crippen molar-refractivity contribution in [3.8, 4) is 0 Å². The van der Waals surface area contributed by atoms with Gasteiger partial charge in [0.1, 0.15) is 0 Å². The monoisotopic (exact) mass is 288 g/mol. The summed E-state index contributed by atoms with van der Waals surface area (Å²) < 4.78 is 5.57. The van der Waals surface area contributed by atoms with Gasteiger partial charge in [-0.2, -0.15) is 0 Å². The van der Waals surface area contributed by atoms with Crippen molar-refractivity contribution < 1.29 is 4.74 Å². The van der Waals surface area contributed by atoms with Crippen LogP contribution in [0.2, 0.25) is 0 Å². The van der Waals surface area contributed by atoms with E-state index in [1.54, 1.807) is 0 Å². The van der Waals surface area contributed by atoms with Crippen LogP contribution in [0.4, 0.5) is 0 Å². The number of aryl methyl sites for hydroxylation is 1. The molecule has 0 saturated heterocycles. The fraction of sp³-hybridized carbons (Fsp3) is 0.600. The first-order valence-electron chi connectivity index (χ1n) is 6.45. The van der Waals surface area contributed by atoms with Crippen molar-refractivity contribution in [2.45, 2.75) is 32.1 Å². The minimum absolute atomic E-state index is 0.176. The lowest BCUT2D eigenvalue weighted by atomic mass is 9.81. The molecule has 0 heterocycles. The molecule has 3 heteroatoms. The molecule has 0 saturated carbocycles. The molecule has 0 unspecified atom stereocenters. The van der Waals surface area contributed by atoms with Crippen molar-refractivity contribution in [3.63, 3.8) is 0 Å². The zero-order valence-corrected chi connectivity index (χ0v) is 12.7. The van der Waals surface area contributed by atoms with Gasteiger partial charge in [-0.25, -0.2) is 0 Å².